The molecule has 0 radical (unpaired) electrons. The molecule has 0 bridgehead atoms. The Labute approximate surface area is 165 Å². The van der Waals surface area contributed by atoms with E-state index in [0.717, 1.165) is 36.6 Å². The van der Waals surface area contributed by atoms with Crippen LogP contribution in [0.1, 0.15) is 35.6 Å². The summed E-state index contributed by atoms with van der Waals surface area (Å²) in [5, 5.41) is 3.59. The molecule has 0 saturated carbocycles. The Bertz CT molecular complexity index is 913. The number of hydrogen-bond donors (Lipinski definition) is 1. The molecule has 1 atom stereocenters. The van der Waals surface area contributed by atoms with E-state index in [-0.39, 0.29) is 25.0 Å². The molecule has 0 spiro atoms. The van der Waals surface area contributed by atoms with Gasteiger partial charge in [0.15, 0.2) is 0 Å². The number of amides is 1. The number of fused-ring (bicyclic) bond motifs is 1. The van der Waals surface area contributed by atoms with Gasteiger partial charge in [0.05, 0.1) is 18.8 Å². The number of aryl methyl sites for hydroxylation is 1. The fourth-order valence-electron chi connectivity index (χ4n) is 3.39. The van der Waals surface area contributed by atoms with Gasteiger partial charge in [0.25, 0.3) is 0 Å². The van der Waals surface area contributed by atoms with Gasteiger partial charge in [-0.3, -0.25) is 4.79 Å². The SMILES string of the molecule is CS(=O)(=O)N(CC(=O)N[C@H]1CCCc2ccccc21)Cc1ccc(Cl)cc1. The van der Waals surface area contributed by atoms with Crippen LogP contribution in [0.5, 0.6) is 0 Å². The molecule has 1 N–H and O–H groups in total. The average Bonchev–Trinajstić information content (AvgIpc) is 2.62. The summed E-state index contributed by atoms with van der Waals surface area (Å²) < 4.78 is 25.5. The number of hydrogen-bond acceptors (Lipinski definition) is 3. The third-order valence-corrected chi connectivity index (χ3v) is 6.21. The highest BCUT2D eigenvalue weighted by molar-refractivity contribution is 7.88. The van der Waals surface area contributed by atoms with E-state index in [1.807, 2.05) is 18.2 Å². The number of rotatable bonds is 6. The van der Waals surface area contributed by atoms with Crippen LogP contribution in [0.3, 0.4) is 0 Å². The first-order valence-corrected chi connectivity index (χ1v) is 11.1. The molecule has 2 aromatic carbocycles. The molecule has 0 saturated heterocycles. The van der Waals surface area contributed by atoms with E-state index < -0.39 is 10.0 Å². The van der Waals surface area contributed by atoms with Crippen molar-refractivity contribution in [3.05, 3.63) is 70.2 Å². The van der Waals surface area contributed by atoms with Crippen LogP contribution in [-0.4, -0.2) is 31.4 Å². The molecular formula is C20H23ClN2O3S. The lowest BCUT2D eigenvalue weighted by Gasteiger charge is -2.27. The van der Waals surface area contributed by atoms with Gasteiger partial charge < -0.3 is 5.32 Å². The molecule has 5 nitrogen and oxygen atoms in total. The topological polar surface area (TPSA) is 66.5 Å². The summed E-state index contributed by atoms with van der Waals surface area (Å²) in [6.45, 7) is -0.0786. The normalized spacial score (nSPS) is 16.8. The lowest BCUT2D eigenvalue weighted by Crippen LogP contribution is -2.41. The fourth-order valence-corrected chi connectivity index (χ4v) is 4.25. The molecule has 0 unspecified atom stereocenters. The third kappa shape index (κ3) is 5.31. The minimum atomic E-state index is -3.53. The Balaban J connectivity index is 1.69. The van der Waals surface area contributed by atoms with E-state index in [2.05, 4.69) is 11.4 Å². The van der Waals surface area contributed by atoms with E-state index in [1.54, 1.807) is 24.3 Å². The second kappa shape index (κ2) is 8.42. The van der Waals surface area contributed by atoms with Gasteiger partial charge in [0, 0.05) is 11.6 Å². The first-order valence-electron chi connectivity index (χ1n) is 8.89. The number of nitrogens with one attached hydrogen (secondary N) is 1. The Morgan fingerprint density at radius 3 is 2.59 bits per heavy atom. The Morgan fingerprint density at radius 1 is 1.19 bits per heavy atom. The molecule has 0 fully saturated rings. The third-order valence-electron chi connectivity index (χ3n) is 4.77. The smallest absolute Gasteiger partial charge is 0.235 e. The maximum Gasteiger partial charge on any atom is 0.235 e. The quantitative estimate of drug-likeness (QED) is 0.800. The largest absolute Gasteiger partial charge is 0.348 e. The maximum atomic E-state index is 12.6. The van der Waals surface area contributed by atoms with Crippen molar-refractivity contribution in [2.24, 2.45) is 0 Å². The minimum absolute atomic E-state index is 0.0700. The molecule has 7 heteroatoms. The van der Waals surface area contributed by atoms with Crippen LogP contribution in [0.4, 0.5) is 0 Å². The number of carbonyl (C=O) groups excluding carboxylic acids is 1. The van der Waals surface area contributed by atoms with Crippen molar-refractivity contribution in [1.82, 2.24) is 9.62 Å². The van der Waals surface area contributed by atoms with Crippen molar-refractivity contribution < 1.29 is 13.2 Å². The van der Waals surface area contributed by atoms with Crippen LogP contribution >= 0.6 is 11.6 Å². The summed E-state index contributed by atoms with van der Waals surface area (Å²) in [6.07, 6.45) is 3.99. The predicted octanol–water partition coefficient (Wildman–Crippen LogP) is 3.30. The minimum Gasteiger partial charge on any atom is -0.348 e. The van der Waals surface area contributed by atoms with Gasteiger partial charge in [0.2, 0.25) is 15.9 Å². The van der Waals surface area contributed by atoms with Crippen LogP contribution in [0.25, 0.3) is 0 Å². The molecule has 0 heterocycles. The van der Waals surface area contributed by atoms with Crippen LogP contribution in [-0.2, 0) is 27.8 Å². The molecule has 2 aromatic rings. The zero-order chi connectivity index (χ0) is 19.4. The highest BCUT2D eigenvalue weighted by atomic mass is 35.5. The number of sulfonamides is 1. The van der Waals surface area contributed by atoms with Crippen molar-refractivity contribution >= 4 is 27.5 Å². The monoisotopic (exact) mass is 406 g/mol. The Hall–Kier alpha value is -1.89. The van der Waals surface area contributed by atoms with Crippen LogP contribution in [0.2, 0.25) is 5.02 Å². The molecular weight excluding hydrogens is 384 g/mol. The molecule has 3 rings (SSSR count). The summed E-state index contributed by atoms with van der Waals surface area (Å²) in [4.78, 5) is 12.6. The van der Waals surface area contributed by atoms with Gasteiger partial charge in [-0.25, -0.2) is 8.42 Å². The number of nitrogens with zero attached hydrogens (tertiary/aromatic N) is 1. The second-order valence-corrected chi connectivity index (χ2v) is 9.29. The highest BCUT2D eigenvalue weighted by Gasteiger charge is 2.25. The van der Waals surface area contributed by atoms with Gasteiger partial charge in [-0.2, -0.15) is 4.31 Å². The molecule has 0 aliphatic heterocycles. The summed E-state index contributed by atoms with van der Waals surface area (Å²) in [5.41, 5.74) is 3.15. The van der Waals surface area contributed by atoms with Crippen molar-refractivity contribution in [3.63, 3.8) is 0 Å². The van der Waals surface area contributed by atoms with E-state index in [0.29, 0.717) is 5.02 Å². The molecule has 27 heavy (non-hydrogen) atoms. The van der Waals surface area contributed by atoms with Crippen molar-refractivity contribution in [2.75, 3.05) is 12.8 Å². The number of carbonyl (C=O) groups is 1. The van der Waals surface area contributed by atoms with Crippen molar-refractivity contribution in [3.8, 4) is 0 Å². The van der Waals surface area contributed by atoms with E-state index in [1.165, 1.54) is 9.87 Å². The van der Waals surface area contributed by atoms with E-state index in [4.69, 9.17) is 11.6 Å². The standard InChI is InChI=1S/C20H23ClN2O3S/c1-27(25,26)23(13-15-9-11-17(21)12-10-15)14-20(24)22-19-8-4-6-16-5-2-3-7-18(16)19/h2-3,5,7,9-12,19H,4,6,8,13-14H2,1H3,(H,22,24)/t19-/m0/s1. The first kappa shape index (κ1) is 19.9. The van der Waals surface area contributed by atoms with Crippen LogP contribution in [0.15, 0.2) is 48.5 Å². The zero-order valence-corrected chi connectivity index (χ0v) is 16.8. The maximum absolute atomic E-state index is 12.6. The summed E-state index contributed by atoms with van der Waals surface area (Å²) >= 11 is 5.88. The molecule has 1 aliphatic rings. The lowest BCUT2D eigenvalue weighted by atomic mass is 9.88. The Morgan fingerprint density at radius 2 is 1.89 bits per heavy atom. The van der Waals surface area contributed by atoms with Crippen molar-refractivity contribution in [2.45, 2.75) is 31.8 Å². The zero-order valence-electron chi connectivity index (χ0n) is 15.2. The van der Waals surface area contributed by atoms with Gasteiger partial charge in [-0.15, -0.1) is 0 Å². The molecule has 0 aromatic heterocycles. The second-order valence-electron chi connectivity index (χ2n) is 6.87. The summed E-state index contributed by atoms with van der Waals surface area (Å²) in [6, 6.07) is 14.9. The van der Waals surface area contributed by atoms with Crippen LogP contribution in [0, 0.1) is 0 Å². The molecule has 144 valence electrons. The van der Waals surface area contributed by atoms with E-state index >= 15 is 0 Å². The average molecular weight is 407 g/mol. The number of halogens is 1. The highest BCUT2D eigenvalue weighted by Crippen LogP contribution is 2.29. The Kier molecular flexibility index (Phi) is 6.19. The summed E-state index contributed by atoms with van der Waals surface area (Å²) in [7, 11) is -3.53. The van der Waals surface area contributed by atoms with Gasteiger partial charge in [-0.05, 0) is 48.1 Å². The summed E-state index contributed by atoms with van der Waals surface area (Å²) in [5.74, 6) is -0.295. The number of benzene rings is 2. The van der Waals surface area contributed by atoms with E-state index in [9.17, 15) is 13.2 Å². The van der Waals surface area contributed by atoms with Gasteiger partial charge in [-0.1, -0.05) is 48.0 Å². The predicted molar refractivity (Wildman–Crippen MR) is 107 cm³/mol. The van der Waals surface area contributed by atoms with Crippen molar-refractivity contribution in [1.29, 1.82) is 0 Å². The molecule has 1 aliphatic carbocycles. The first-order chi connectivity index (χ1) is 12.8. The van der Waals surface area contributed by atoms with Gasteiger partial charge >= 0.3 is 0 Å². The molecule has 1 amide bonds. The van der Waals surface area contributed by atoms with Crippen LogP contribution < -0.4 is 5.32 Å². The fraction of sp³-hybridized carbons (Fsp3) is 0.350. The van der Waals surface area contributed by atoms with Gasteiger partial charge in [0.1, 0.15) is 0 Å². The lowest BCUT2D eigenvalue weighted by molar-refractivity contribution is -0.122.